The number of nitrogens with zero attached hydrogens (tertiary/aromatic N) is 1. The highest BCUT2D eigenvalue weighted by molar-refractivity contribution is 7.14. The van der Waals surface area contributed by atoms with Crippen LogP contribution in [-0.4, -0.2) is 23.3 Å². The van der Waals surface area contributed by atoms with Gasteiger partial charge in [0.25, 0.3) is 5.91 Å². The van der Waals surface area contributed by atoms with Crippen LogP contribution in [0.15, 0.2) is 47.8 Å². The number of hydrogen-bond donors (Lipinski definition) is 3. The number of alkyl halides is 3. The number of anilines is 2. The van der Waals surface area contributed by atoms with Crippen LogP contribution in [0, 0.1) is 6.92 Å². The Morgan fingerprint density at radius 3 is 2.67 bits per heavy atom. The molecule has 3 aromatic rings. The van der Waals surface area contributed by atoms with E-state index in [4.69, 9.17) is 11.6 Å². The van der Waals surface area contributed by atoms with E-state index in [1.807, 2.05) is 13.0 Å². The predicted molar refractivity (Wildman–Crippen MR) is 122 cm³/mol. The molecule has 0 fully saturated rings. The van der Waals surface area contributed by atoms with Crippen LogP contribution in [0.3, 0.4) is 0 Å². The molecule has 3 rings (SSSR count). The van der Waals surface area contributed by atoms with Crippen LogP contribution in [0.1, 0.15) is 33.6 Å². The second-order valence-corrected chi connectivity index (χ2v) is 8.40. The summed E-state index contributed by atoms with van der Waals surface area (Å²) in [5.41, 5.74) is 1.51. The summed E-state index contributed by atoms with van der Waals surface area (Å²) in [6.07, 6.45) is -4.47. The summed E-state index contributed by atoms with van der Waals surface area (Å²) in [5.74, 6) is -0.836. The Hall–Kier alpha value is -3.11. The Kier molecular flexibility index (Phi) is 7.93. The fourth-order valence-electron chi connectivity index (χ4n) is 2.81. The minimum Gasteiger partial charge on any atom is -0.352 e. The SMILES string of the molecule is Cc1ccc(Cl)cc1Nc1nc(C(=O)NCCC(=O)NCc2cccc(C(F)(F)F)c2)cs1. The summed E-state index contributed by atoms with van der Waals surface area (Å²) in [6.45, 7) is 1.93. The summed E-state index contributed by atoms with van der Waals surface area (Å²) in [6, 6.07) is 10.1. The van der Waals surface area contributed by atoms with E-state index in [9.17, 15) is 22.8 Å². The van der Waals surface area contributed by atoms with Gasteiger partial charge in [0.2, 0.25) is 5.91 Å². The van der Waals surface area contributed by atoms with Crippen molar-refractivity contribution in [3.8, 4) is 0 Å². The molecule has 2 aromatic carbocycles. The largest absolute Gasteiger partial charge is 0.416 e. The Labute approximate surface area is 197 Å². The number of thiazole rings is 1. The lowest BCUT2D eigenvalue weighted by atomic mass is 10.1. The van der Waals surface area contributed by atoms with Gasteiger partial charge >= 0.3 is 6.18 Å². The molecular weight excluding hydrogens is 477 g/mol. The van der Waals surface area contributed by atoms with E-state index in [1.165, 1.54) is 23.5 Å². The van der Waals surface area contributed by atoms with Crippen molar-refractivity contribution in [2.24, 2.45) is 0 Å². The first-order valence-corrected chi connectivity index (χ1v) is 11.1. The zero-order valence-electron chi connectivity index (χ0n) is 17.4. The Bertz CT molecular complexity index is 1150. The molecule has 1 heterocycles. The molecule has 0 bridgehead atoms. The number of aryl methyl sites for hydroxylation is 1. The van der Waals surface area contributed by atoms with E-state index >= 15 is 0 Å². The zero-order valence-corrected chi connectivity index (χ0v) is 19.0. The molecule has 11 heteroatoms. The molecule has 0 aliphatic heterocycles. The summed E-state index contributed by atoms with van der Waals surface area (Å²) in [4.78, 5) is 28.5. The van der Waals surface area contributed by atoms with Crippen LogP contribution in [-0.2, 0) is 17.5 Å². The Morgan fingerprint density at radius 1 is 1.12 bits per heavy atom. The van der Waals surface area contributed by atoms with E-state index in [2.05, 4.69) is 20.9 Å². The van der Waals surface area contributed by atoms with Gasteiger partial charge in [-0.05, 0) is 42.3 Å². The van der Waals surface area contributed by atoms with Gasteiger partial charge in [0.05, 0.1) is 5.56 Å². The third-order valence-corrected chi connectivity index (χ3v) is 5.55. The van der Waals surface area contributed by atoms with Crippen molar-refractivity contribution in [3.05, 3.63) is 75.3 Å². The van der Waals surface area contributed by atoms with Gasteiger partial charge in [-0.15, -0.1) is 11.3 Å². The molecule has 2 amide bonds. The van der Waals surface area contributed by atoms with Gasteiger partial charge in [-0.3, -0.25) is 9.59 Å². The number of carbonyl (C=O) groups is 2. The first-order chi connectivity index (χ1) is 15.6. The smallest absolute Gasteiger partial charge is 0.352 e. The molecule has 0 aliphatic carbocycles. The van der Waals surface area contributed by atoms with Crippen molar-refractivity contribution in [2.45, 2.75) is 26.1 Å². The first-order valence-electron chi connectivity index (χ1n) is 9.81. The number of halogens is 4. The molecular formula is C22H20ClF3N4O2S. The Balaban J connectivity index is 1.44. The highest BCUT2D eigenvalue weighted by atomic mass is 35.5. The normalized spacial score (nSPS) is 11.2. The van der Waals surface area contributed by atoms with Gasteiger partial charge in [0.15, 0.2) is 5.13 Å². The average Bonchev–Trinajstić information content (AvgIpc) is 3.23. The Morgan fingerprint density at radius 2 is 1.91 bits per heavy atom. The number of rotatable bonds is 8. The van der Waals surface area contributed by atoms with Gasteiger partial charge < -0.3 is 16.0 Å². The van der Waals surface area contributed by atoms with Gasteiger partial charge in [-0.2, -0.15) is 13.2 Å². The van der Waals surface area contributed by atoms with Crippen molar-refractivity contribution < 1.29 is 22.8 Å². The predicted octanol–water partition coefficient (Wildman–Crippen LogP) is 5.30. The molecule has 33 heavy (non-hydrogen) atoms. The van der Waals surface area contributed by atoms with Crippen LogP contribution in [0.4, 0.5) is 24.0 Å². The van der Waals surface area contributed by atoms with Crippen LogP contribution in [0.5, 0.6) is 0 Å². The molecule has 0 saturated carbocycles. The van der Waals surface area contributed by atoms with Crippen molar-refractivity contribution in [1.82, 2.24) is 15.6 Å². The number of hydrogen-bond acceptors (Lipinski definition) is 5. The molecule has 0 spiro atoms. The first kappa shape index (κ1) is 24.5. The number of carbonyl (C=O) groups excluding carboxylic acids is 2. The maximum atomic E-state index is 12.8. The number of nitrogens with one attached hydrogen (secondary N) is 3. The van der Waals surface area contributed by atoms with Gasteiger partial charge in [0.1, 0.15) is 5.69 Å². The number of amides is 2. The van der Waals surface area contributed by atoms with E-state index in [0.717, 1.165) is 23.4 Å². The van der Waals surface area contributed by atoms with Crippen LogP contribution in [0.25, 0.3) is 0 Å². The van der Waals surface area contributed by atoms with Crippen molar-refractivity contribution in [1.29, 1.82) is 0 Å². The lowest BCUT2D eigenvalue weighted by Gasteiger charge is -2.10. The van der Waals surface area contributed by atoms with Crippen LogP contribution in [0.2, 0.25) is 5.02 Å². The van der Waals surface area contributed by atoms with Crippen molar-refractivity contribution in [3.63, 3.8) is 0 Å². The molecule has 0 saturated heterocycles. The van der Waals surface area contributed by atoms with Crippen molar-refractivity contribution in [2.75, 3.05) is 11.9 Å². The molecule has 6 nitrogen and oxygen atoms in total. The topological polar surface area (TPSA) is 83.1 Å². The summed E-state index contributed by atoms with van der Waals surface area (Å²) >= 11 is 7.25. The number of benzene rings is 2. The second kappa shape index (κ2) is 10.7. The maximum absolute atomic E-state index is 12.8. The average molecular weight is 497 g/mol. The standard InChI is InChI=1S/C22H20ClF3N4O2S/c1-13-5-6-16(23)10-17(13)29-21-30-18(12-33-21)20(32)27-8-7-19(31)28-11-14-3-2-4-15(9-14)22(24,25)26/h2-6,9-10,12H,7-8,11H2,1H3,(H,27,32)(H,28,31)(H,29,30). The van der Waals surface area contributed by atoms with E-state index in [1.54, 1.807) is 17.5 Å². The highest BCUT2D eigenvalue weighted by Gasteiger charge is 2.30. The van der Waals surface area contributed by atoms with Gasteiger partial charge in [-0.25, -0.2) is 4.98 Å². The highest BCUT2D eigenvalue weighted by Crippen LogP contribution is 2.29. The van der Waals surface area contributed by atoms with E-state index in [-0.39, 0.29) is 25.2 Å². The molecule has 0 radical (unpaired) electrons. The van der Waals surface area contributed by atoms with Crippen LogP contribution < -0.4 is 16.0 Å². The molecule has 3 N–H and O–H groups in total. The molecule has 0 atom stereocenters. The zero-order chi connectivity index (χ0) is 24.0. The molecule has 174 valence electrons. The fraction of sp³-hybridized carbons (Fsp3) is 0.227. The van der Waals surface area contributed by atoms with Crippen LogP contribution >= 0.6 is 22.9 Å². The van der Waals surface area contributed by atoms with E-state index < -0.39 is 23.6 Å². The third kappa shape index (κ3) is 7.19. The third-order valence-electron chi connectivity index (χ3n) is 4.56. The molecule has 1 aromatic heterocycles. The summed E-state index contributed by atoms with van der Waals surface area (Å²) in [5, 5.41) is 10.9. The second-order valence-electron chi connectivity index (χ2n) is 7.10. The summed E-state index contributed by atoms with van der Waals surface area (Å²) in [7, 11) is 0. The van der Waals surface area contributed by atoms with Gasteiger partial charge in [-0.1, -0.05) is 29.8 Å². The minimum absolute atomic E-state index is 0.0261. The maximum Gasteiger partial charge on any atom is 0.416 e. The monoisotopic (exact) mass is 496 g/mol. The number of aromatic nitrogens is 1. The van der Waals surface area contributed by atoms with E-state index in [0.29, 0.717) is 15.7 Å². The molecule has 0 unspecified atom stereocenters. The van der Waals surface area contributed by atoms with Gasteiger partial charge in [0, 0.05) is 35.6 Å². The summed E-state index contributed by atoms with van der Waals surface area (Å²) < 4.78 is 38.3. The minimum atomic E-state index is -4.44. The van der Waals surface area contributed by atoms with Crippen molar-refractivity contribution >= 4 is 45.6 Å². The quantitative estimate of drug-likeness (QED) is 0.395. The fourth-order valence-corrected chi connectivity index (χ4v) is 3.68. The lowest BCUT2D eigenvalue weighted by molar-refractivity contribution is -0.137. The lowest BCUT2D eigenvalue weighted by Crippen LogP contribution is -2.30. The molecule has 0 aliphatic rings.